The molecule has 1 fully saturated rings. The molecule has 1 aliphatic carbocycles. The quantitative estimate of drug-likeness (QED) is 0.702. The third kappa shape index (κ3) is 3.48. The number of ether oxygens (including phenoxy) is 2. The second-order valence-corrected chi connectivity index (χ2v) is 7.64. The Bertz CT molecular complexity index is 1110. The highest BCUT2D eigenvalue weighted by atomic mass is 16.6. The molecule has 1 saturated carbocycles. The Morgan fingerprint density at radius 1 is 1.03 bits per heavy atom. The van der Waals surface area contributed by atoms with Gasteiger partial charge >= 0.3 is 5.76 Å². The molecule has 0 radical (unpaired) electrons. The SMILES string of the molecule is O=C(Nc1ccc2oc(=O)[nH]c2c1)C(c1ccc2c(c1)OCCO2)C1CCCC1. The summed E-state index contributed by atoms with van der Waals surface area (Å²) in [6.45, 7) is 1.05. The van der Waals surface area contributed by atoms with Gasteiger partial charge in [-0.2, -0.15) is 0 Å². The molecular formula is C22H22N2O5. The summed E-state index contributed by atoms with van der Waals surface area (Å²) in [5, 5.41) is 3.02. The average molecular weight is 394 g/mol. The molecule has 2 N–H and O–H groups in total. The number of anilines is 1. The Hall–Kier alpha value is -3.22. The molecule has 5 rings (SSSR count). The standard InChI is InChI=1S/C22H22N2O5/c25-21(23-15-6-8-17-16(12-15)24-22(26)29-17)20(13-3-1-2-4-13)14-5-7-18-19(11-14)28-10-9-27-18/h5-8,11-13,20H,1-4,9-10H2,(H,23,25)(H,24,26). The number of hydrogen-bond donors (Lipinski definition) is 2. The van der Waals surface area contributed by atoms with Gasteiger partial charge < -0.3 is 19.2 Å². The number of aromatic amines is 1. The van der Waals surface area contributed by atoms with E-state index >= 15 is 0 Å². The first-order valence-electron chi connectivity index (χ1n) is 10.0. The minimum Gasteiger partial charge on any atom is -0.486 e. The number of rotatable bonds is 4. The van der Waals surface area contributed by atoms with Gasteiger partial charge in [0.1, 0.15) is 13.2 Å². The van der Waals surface area contributed by atoms with Gasteiger partial charge in [0, 0.05) is 5.69 Å². The van der Waals surface area contributed by atoms with Crippen LogP contribution in [-0.2, 0) is 4.79 Å². The van der Waals surface area contributed by atoms with Crippen LogP contribution in [0.25, 0.3) is 11.1 Å². The van der Waals surface area contributed by atoms with Crippen LogP contribution >= 0.6 is 0 Å². The molecule has 7 nitrogen and oxygen atoms in total. The van der Waals surface area contributed by atoms with Gasteiger partial charge in [-0.15, -0.1) is 0 Å². The van der Waals surface area contributed by atoms with E-state index in [1.54, 1.807) is 18.2 Å². The van der Waals surface area contributed by atoms with Crippen LogP contribution in [0.2, 0.25) is 0 Å². The Morgan fingerprint density at radius 3 is 2.66 bits per heavy atom. The summed E-state index contributed by atoms with van der Waals surface area (Å²) in [4.78, 5) is 27.3. The zero-order valence-corrected chi connectivity index (χ0v) is 15.9. The molecule has 29 heavy (non-hydrogen) atoms. The Balaban J connectivity index is 1.45. The van der Waals surface area contributed by atoms with Crippen molar-refractivity contribution in [2.75, 3.05) is 18.5 Å². The summed E-state index contributed by atoms with van der Waals surface area (Å²) >= 11 is 0. The van der Waals surface area contributed by atoms with E-state index < -0.39 is 5.76 Å². The van der Waals surface area contributed by atoms with E-state index in [1.165, 1.54) is 0 Å². The molecule has 0 spiro atoms. The highest BCUT2D eigenvalue weighted by molar-refractivity contribution is 5.97. The Kier molecular flexibility index (Phi) is 4.50. The van der Waals surface area contributed by atoms with Crippen molar-refractivity contribution in [1.82, 2.24) is 4.98 Å². The minimum absolute atomic E-state index is 0.0567. The fourth-order valence-corrected chi connectivity index (χ4v) is 4.43. The topological polar surface area (TPSA) is 93.6 Å². The fourth-order valence-electron chi connectivity index (χ4n) is 4.43. The average Bonchev–Trinajstić information content (AvgIpc) is 3.37. The highest BCUT2D eigenvalue weighted by Gasteiger charge is 2.33. The lowest BCUT2D eigenvalue weighted by molar-refractivity contribution is -0.118. The van der Waals surface area contributed by atoms with Crippen LogP contribution in [-0.4, -0.2) is 24.1 Å². The number of nitrogens with one attached hydrogen (secondary N) is 2. The molecule has 2 aliphatic rings. The molecule has 0 saturated heterocycles. The van der Waals surface area contributed by atoms with Crippen molar-refractivity contribution in [3.8, 4) is 11.5 Å². The number of oxazole rings is 1. The van der Waals surface area contributed by atoms with Crippen molar-refractivity contribution in [3.63, 3.8) is 0 Å². The molecule has 1 unspecified atom stereocenters. The van der Waals surface area contributed by atoms with Gasteiger partial charge in [-0.3, -0.25) is 9.78 Å². The van der Waals surface area contributed by atoms with E-state index in [0.717, 1.165) is 37.0 Å². The van der Waals surface area contributed by atoms with Crippen molar-refractivity contribution in [2.24, 2.45) is 5.92 Å². The Labute approximate surface area is 167 Å². The summed E-state index contributed by atoms with van der Waals surface area (Å²) in [6, 6.07) is 10.9. The van der Waals surface area contributed by atoms with E-state index in [0.29, 0.717) is 35.8 Å². The van der Waals surface area contributed by atoms with Gasteiger partial charge in [-0.1, -0.05) is 18.9 Å². The predicted octanol–water partition coefficient (Wildman–Crippen LogP) is 3.80. The summed E-state index contributed by atoms with van der Waals surface area (Å²) in [5.41, 5.74) is 2.59. The van der Waals surface area contributed by atoms with Crippen LogP contribution in [0.15, 0.2) is 45.6 Å². The van der Waals surface area contributed by atoms with Gasteiger partial charge in [0.25, 0.3) is 0 Å². The van der Waals surface area contributed by atoms with Crippen LogP contribution < -0.4 is 20.5 Å². The maximum absolute atomic E-state index is 13.3. The molecule has 2 heterocycles. The zero-order chi connectivity index (χ0) is 19.8. The molecule has 7 heteroatoms. The third-order valence-electron chi connectivity index (χ3n) is 5.77. The van der Waals surface area contributed by atoms with Crippen molar-refractivity contribution in [2.45, 2.75) is 31.6 Å². The number of hydrogen-bond acceptors (Lipinski definition) is 5. The molecule has 150 valence electrons. The molecule has 0 bridgehead atoms. The molecule has 1 amide bonds. The van der Waals surface area contributed by atoms with E-state index in [1.807, 2.05) is 18.2 Å². The van der Waals surface area contributed by atoms with Crippen LogP contribution in [0.3, 0.4) is 0 Å². The van der Waals surface area contributed by atoms with Gasteiger partial charge in [0.2, 0.25) is 5.91 Å². The van der Waals surface area contributed by atoms with E-state index in [9.17, 15) is 9.59 Å². The number of amides is 1. The van der Waals surface area contributed by atoms with E-state index in [2.05, 4.69) is 10.3 Å². The largest absolute Gasteiger partial charge is 0.486 e. The highest BCUT2D eigenvalue weighted by Crippen LogP contribution is 2.41. The lowest BCUT2D eigenvalue weighted by Gasteiger charge is -2.25. The summed E-state index contributed by atoms with van der Waals surface area (Å²) < 4.78 is 16.4. The maximum atomic E-state index is 13.3. The number of benzene rings is 2. The van der Waals surface area contributed by atoms with Crippen molar-refractivity contribution >= 4 is 22.7 Å². The third-order valence-corrected chi connectivity index (χ3v) is 5.77. The molecule has 1 aromatic heterocycles. The predicted molar refractivity (Wildman–Crippen MR) is 108 cm³/mol. The van der Waals surface area contributed by atoms with Crippen LogP contribution in [0.1, 0.15) is 37.2 Å². The van der Waals surface area contributed by atoms with Gasteiger partial charge in [0.05, 0.1) is 11.4 Å². The molecule has 2 aromatic carbocycles. The first-order valence-corrected chi connectivity index (χ1v) is 10.0. The van der Waals surface area contributed by atoms with Crippen LogP contribution in [0, 0.1) is 5.92 Å². The summed E-state index contributed by atoms with van der Waals surface area (Å²) in [7, 11) is 0. The first-order chi connectivity index (χ1) is 14.2. The first kappa shape index (κ1) is 17.8. The fraction of sp³-hybridized carbons (Fsp3) is 0.364. The number of aromatic nitrogens is 1. The normalized spacial score (nSPS) is 17.4. The van der Waals surface area contributed by atoms with Gasteiger partial charge in [-0.25, -0.2) is 4.79 Å². The lowest BCUT2D eigenvalue weighted by Crippen LogP contribution is -2.27. The summed E-state index contributed by atoms with van der Waals surface area (Å²) in [5.74, 6) is 0.867. The molecule has 1 atom stereocenters. The Morgan fingerprint density at radius 2 is 1.83 bits per heavy atom. The van der Waals surface area contributed by atoms with E-state index in [-0.39, 0.29) is 17.7 Å². The second-order valence-electron chi connectivity index (χ2n) is 7.64. The number of fused-ring (bicyclic) bond motifs is 2. The number of H-pyrrole nitrogens is 1. The molecule has 3 aromatic rings. The van der Waals surface area contributed by atoms with Crippen LogP contribution in [0.5, 0.6) is 11.5 Å². The second kappa shape index (κ2) is 7.31. The van der Waals surface area contributed by atoms with Gasteiger partial charge in [0.15, 0.2) is 17.1 Å². The lowest BCUT2D eigenvalue weighted by atomic mass is 9.84. The summed E-state index contributed by atoms with van der Waals surface area (Å²) in [6.07, 6.45) is 4.34. The monoisotopic (exact) mass is 394 g/mol. The smallest absolute Gasteiger partial charge is 0.417 e. The van der Waals surface area contributed by atoms with E-state index in [4.69, 9.17) is 13.9 Å². The maximum Gasteiger partial charge on any atom is 0.417 e. The van der Waals surface area contributed by atoms with Crippen molar-refractivity contribution in [3.05, 3.63) is 52.5 Å². The molecule has 1 aliphatic heterocycles. The van der Waals surface area contributed by atoms with Crippen molar-refractivity contribution in [1.29, 1.82) is 0 Å². The molecular weight excluding hydrogens is 372 g/mol. The number of carbonyl (C=O) groups is 1. The minimum atomic E-state index is -0.511. The number of carbonyl (C=O) groups excluding carboxylic acids is 1. The zero-order valence-electron chi connectivity index (χ0n) is 15.9. The van der Waals surface area contributed by atoms with Crippen molar-refractivity contribution < 1.29 is 18.7 Å². The van der Waals surface area contributed by atoms with Gasteiger partial charge in [-0.05, 0) is 54.7 Å². The van der Waals surface area contributed by atoms with Crippen LogP contribution in [0.4, 0.5) is 5.69 Å².